The van der Waals surface area contributed by atoms with E-state index in [1.165, 1.54) is 0 Å². The largest absolute Gasteiger partial charge is 0.478 e. The molecule has 0 radical (unpaired) electrons. The molecule has 0 spiro atoms. The number of benzene rings is 2. The molecule has 0 aliphatic carbocycles. The Labute approximate surface area is 209 Å². The van der Waals surface area contributed by atoms with Crippen LogP contribution in [-0.4, -0.2) is 85.1 Å². The lowest BCUT2D eigenvalue weighted by Gasteiger charge is -2.35. The van der Waals surface area contributed by atoms with Crippen LogP contribution >= 0.6 is 0 Å². The summed E-state index contributed by atoms with van der Waals surface area (Å²) >= 11 is 0. The number of carboxylic acids is 2. The van der Waals surface area contributed by atoms with Crippen molar-refractivity contribution < 1.29 is 37.8 Å². The van der Waals surface area contributed by atoms with Gasteiger partial charge in [0.15, 0.2) is 0 Å². The summed E-state index contributed by atoms with van der Waals surface area (Å²) in [4.78, 5) is 34.4. The summed E-state index contributed by atoms with van der Waals surface area (Å²) in [5, 5.41) is 15.6. The molecule has 1 atom stereocenters. The fourth-order valence-electron chi connectivity index (χ4n) is 4.02. The molecule has 10 nitrogen and oxygen atoms in total. The molecule has 2 aromatic rings. The highest BCUT2D eigenvalue weighted by atomic mass is 32.2. The summed E-state index contributed by atoms with van der Waals surface area (Å²) in [6.07, 6.45) is 1.12. The van der Waals surface area contributed by atoms with E-state index < -0.39 is 27.9 Å². The topological polar surface area (TPSA) is 142 Å². The molecule has 0 saturated carbocycles. The zero-order chi connectivity index (χ0) is 26.1. The van der Waals surface area contributed by atoms with Crippen molar-refractivity contribution in [1.29, 1.82) is 0 Å². The number of hydrogen-bond acceptors (Lipinski definition) is 7. The monoisotopic (exact) mass is 516 g/mol. The Morgan fingerprint density at radius 2 is 1.50 bits per heavy atom. The normalized spacial score (nSPS) is 18.1. The van der Waals surface area contributed by atoms with Crippen molar-refractivity contribution in [2.24, 2.45) is 0 Å². The molecule has 192 valence electrons. The molecule has 1 fully saturated rings. The minimum atomic E-state index is -3.69. The fourth-order valence-corrected chi connectivity index (χ4v) is 5.58. The lowest BCUT2D eigenvalue weighted by molar-refractivity contribution is -0.134. The molecule has 36 heavy (non-hydrogen) atoms. The fraction of sp³-hybridized carbons (Fsp3) is 0.320. The van der Waals surface area contributed by atoms with Crippen LogP contribution in [0.2, 0.25) is 0 Å². The number of ether oxygens (including phenoxy) is 1. The van der Waals surface area contributed by atoms with Crippen LogP contribution < -0.4 is 0 Å². The predicted molar refractivity (Wildman–Crippen MR) is 131 cm³/mol. The molecular weight excluding hydrogens is 488 g/mol. The van der Waals surface area contributed by atoms with Crippen LogP contribution in [0.5, 0.6) is 0 Å². The molecule has 2 aromatic carbocycles. The number of hydrogen-bond donors (Lipinski definition) is 2. The van der Waals surface area contributed by atoms with Crippen LogP contribution in [0.1, 0.15) is 27.4 Å². The zero-order valence-corrected chi connectivity index (χ0v) is 20.3. The second-order valence-electron chi connectivity index (χ2n) is 8.28. The maximum atomic E-state index is 13.0. The van der Waals surface area contributed by atoms with E-state index in [-0.39, 0.29) is 18.2 Å². The Kier molecular flexibility index (Phi) is 9.34. The lowest BCUT2D eigenvalue weighted by atomic mass is 9.97. The molecular formula is C25H28N2O8S. The highest BCUT2D eigenvalue weighted by Gasteiger charge is 2.37. The quantitative estimate of drug-likeness (QED) is 0.527. The van der Waals surface area contributed by atoms with E-state index in [1.54, 1.807) is 24.3 Å². The van der Waals surface area contributed by atoms with E-state index in [9.17, 15) is 22.8 Å². The molecule has 1 unspecified atom stereocenters. The van der Waals surface area contributed by atoms with Gasteiger partial charge in [0.25, 0.3) is 5.91 Å². The standard InChI is InChI=1S/C21H24N2O4S.C4H4O4/c24-21-20-9-5-4-8-18(20)16-28(25,26)23(21)15-19(17-6-2-1-3-7-17)14-22-10-12-27-13-11-22;5-3(6)1-2-4(7)8/h1-9,19H,10-16H2;1-2H,(H,5,6)(H,7,8). The van der Waals surface area contributed by atoms with Gasteiger partial charge in [-0.3, -0.25) is 9.69 Å². The average Bonchev–Trinajstić information content (AvgIpc) is 2.86. The van der Waals surface area contributed by atoms with E-state index >= 15 is 0 Å². The molecule has 2 N–H and O–H groups in total. The molecule has 0 bridgehead atoms. The SMILES string of the molecule is O=C(O)C=CC(=O)O.O=C1c2ccccc2CS(=O)(=O)N1CC(CN1CCOCC1)c1ccccc1. The van der Waals surface area contributed by atoms with E-state index in [0.717, 1.165) is 23.0 Å². The minimum Gasteiger partial charge on any atom is -0.478 e. The third-order valence-corrected chi connectivity index (χ3v) is 7.42. The van der Waals surface area contributed by atoms with Gasteiger partial charge in [-0.15, -0.1) is 0 Å². The molecule has 2 aliphatic rings. The van der Waals surface area contributed by atoms with Crippen molar-refractivity contribution in [3.63, 3.8) is 0 Å². The molecule has 1 amide bonds. The lowest BCUT2D eigenvalue weighted by Crippen LogP contribution is -2.46. The van der Waals surface area contributed by atoms with Crippen molar-refractivity contribution in [1.82, 2.24) is 9.21 Å². The van der Waals surface area contributed by atoms with Gasteiger partial charge in [0.1, 0.15) is 0 Å². The second-order valence-corrected chi connectivity index (χ2v) is 10.2. The summed E-state index contributed by atoms with van der Waals surface area (Å²) in [6.45, 7) is 3.82. The number of rotatable bonds is 7. The summed E-state index contributed by atoms with van der Waals surface area (Å²) in [7, 11) is -3.69. The first-order valence-corrected chi connectivity index (χ1v) is 12.9. The number of carbonyl (C=O) groups excluding carboxylic acids is 1. The molecule has 11 heteroatoms. The first-order chi connectivity index (χ1) is 17.2. The summed E-state index contributed by atoms with van der Waals surface area (Å²) in [5.74, 6) is -3.17. The van der Waals surface area contributed by atoms with Crippen molar-refractivity contribution in [2.45, 2.75) is 11.7 Å². The summed E-state index contributed by atoms with van der Waals surface area (Å²) in [5.41, 5.74) is 2.10. The number of amides is 1. The smallest absolute Gasteiger partial charge is 0.328 e. The molecule has 1 saturated heterocycles. The van der Waals surface area contributed by atoms with Crippen LogP contribution in [0.3, 0.4) is 0 Å². The summed E-state index contributed by atoms with van der Waals surface area (Å²) < 4.78 is 32.3. The first-order valence-electron chi connectivity index (χ1n) is 11.3. The predicted octanol–water partition coefficient (Wildman–Crippen LogP) is 1.80. The zero-order valence-electron chi connectivity index (χ0n) is 19.5. The third-order valence-electron chi connectivity index (χ3n) is 5.76. The number of sulfonamides is 1. The van der Waals surface area contributed by atoms with Crippen LogP contribution in [0.25, 0.3) is 0 Å². The number of carbonyl (C=O) groups is 3. The van der Waals surface area contributed by atoms with E-state index in [4.69, 9.17) is 14.9 Å². The Morgan fingerprint density at radius 1 is 0.917 bits per heavy atom. The Balaban J connectivity index is 0.000000392. The van der Waals surface area contributed by atoms with Gasteiger partial charge in [0.2, 0.25) is 10.0 Å². The van der Waals surface area contributed by atoms with E-state index in [0.29, 0.717) is 43.0 Å². The molecule has 2 heterocycles. The van der Waals surface area contributed by atoms with Gasteiger partial charge in [-0.25, -0.2) is 22.3 Å². The second kappa shape index (κ2) is 12.4. The van der Waals surface area contributed by atoms with Crippen LogP contribution in [-0.2, 0) is 30.1 Å². The van der Waals surface area contributed by atoms with E-state index in [1.807, 2.05) is 30.3 Å². The van der Waals surface area contributed by atoms with Gasteiger partial charge in [-0.05, 0) is 17.2 Å². The van der Waals surface area contributed by atoms with Crippen molar-refractivity contribution >= 4 is 27.9 Å². The first kappa shape index (κ1) is 27.1. The number of nitrogens with zero attached hydrogens (tertiary/aromatic N) is 2. The number of aliphatic carboxylic acids is 2. The Morgan fingerprint density at radius 3 is 2.11 bits per heavy atom. The van der Waals surface area contributed by atoms with Crippen molar-refractivity contribution in [2.75, 3.05) is 39.4 Å². The van der Waals surface area contributed by atoms with Gasteiger partial charge in [-0.2, -0.15) is 0 Å². The van der Waals surface area contributed by atoms with Crippen LogP contribution in [0.15, 0.2) is 66.7 Å². The van der Waals surface area contributed by atoms with Gasteiger partial charge >= 0.3 is 11.9 Å². The van der Waals surface area contributed by atoms with Crippen molar-refractivity contribution in [3.8, 4) is 0 Å². The minimum absolute atomic E-state index is 0.0942. The Hall–Kier alpha value is -3.54. The third kappa shape index (κ3) is 7.48. The molecule has 0 aromatic heterocycles. The Bertz CT molecular complexity index is 1190. The summed E-state index contributed by atoms with van der Waals surface area (Å²) in [6, 6.07) is 16.8. The average molecular weight is 517 g/mol. The molecule has 4 rings (SSSR count). The van der Waals surface area contributed by atoms with Crippen LogP contribution in [0.4, 0.5) is 0 Å². The van der Waals surface area contributed by atoms with E-state index in [2.05, 4.69) is 4.90 Å². The van der Waals surface area contributed by atoms with Gasteiger partial charge in [0, 0.05) is 49.8 Å². The van der Waals surface area contributed by atoms with Gasteiger partial charge in [0.05, 0.1) is 19.0 Å². The number of fused-ring (bicyclic) bond motifs is 1. The van der Waals surface area contributed by atoms with Crippen molar-refractivity contribution in [3.05, 3.63) is 83.4 Å². The highest BCUT2D eigenvalue weighted by molar-refractivity contribution is 7.89. The highest BCUT2D eigenvalue weighted by Crippen LogP contribution is 2.28. The van der Waals surface area contributed by atoms with Gasteiger partial charge < -0.3 is 14.9 Å². The number of carboxylic acid groups (broad SMARTS) is 2. The number of morpholine rings is 1. The van der Waals surface area contributed by atoms with Crippen LogP contribution in [0, 0.1) is 0 Å². The maximum Gasteiger partial charge on any atom is 0.328 e. The van der Waals surface area contributed by atoms with Gasteiger partial charge in [-0.1, -0.05) is 48.5 Å². The maximum absolute atomic E-state index is 13.0. The molecule has 2 aliphatic heterocycles.